The van der Waals surface area contributed by atoms with Gasteiger partial charge in [-0.25, -0.2) is 4.39 Å². The van der Waals surface area contributed by atoms with Crippen LogP contribution in [0.4, 0.5) is 10.1 Å². The van der Waals surface area contributed by atoms with Gasteiger partial charge in [-0.15, -0.1) is 10.2 Å². The molecule has 0 bridgehead atoms. The van der Waals surface area contributed by atoms with E-state index in [4.69, 9.17) is 4.74 Å². The molecule has 0 fully saturated rings. The normalized spacial score (nSPS) is 10.8. The lowest BCUT2D eigenvalue weighted by Crippen LogP contribution is -2.14. The number of anilines is 1. The fourth-order valence-electron chi connectivity index (χ4n) is 3.34. The zero-order valence-electron chi connectivity index (χ0n) is 19.2. The highest BCUT2D eigenvalue weighted by molar-refractivity contribution is 7.99. The molecule has 0 saturated carbocycles. The molecule has 0 aliphatic carbocycles. The quantitative estimate of drug-likeness (QED) is 0.325. The Morgan fingerprint density at radius 1 is 1.03 bits per heavy atom. The molecule has 4 aromatic rings. The molecule has 174 valence electrons. The number of carbonyl (C=O) groups excluding carboxylic acids is 1. The molecule has 0 atom stereocenters. The van der Waals surface area contributed by atoms with Gasteiger partial charge in [0.2, 0.25) is 5.91 Å². The summed E-state index contributed by atoms with van der Waals surface area (Å²) in [7, 11) is 0. The van der Waals surface area contributed by atoms with Crippen LogP contribution in [0.15, 0.2) is 71.9 Å². The highest BCUT2D eigenvalue weighted by Gasteiger charge is 2.18. The highest BCUT2D eigenvalue weighted by Crippen LogP contribution is 2.29. The summed E-state index contributed by atoms with van der Waals surface area (Å²) in [6.45, 7) is 6.23. The number of halogens is 1. The number of amides is 1. The van der Waals surface area contributed by atoms with Crippen molar-refractivity contribution in [2.45, 2.75) is 25.9 Å². The second-order valence-corrected chi connectivity index (χ2v) is 8.68. The first-order chi connectivity index (χ1) is 16.4. The average Bonchev–Trinajstić information content (AvgIpc) is 3.25. The van der Waals surface area contributed by atoms with Gasteiger partial charge < -0.3 is 10.1 Å². The Morgan fingerprint density at radius 3 is 2.44 bits per heavy atom. The summed E-state index contributed by atoms with van der Waals surface area (Å²) < 4.78 is 21.3. The van der Waals surface area contributed by atoms with Crippen LogP contribution in [-0.2, 0) is 4.79 Å². The average molecular weight is 477 g/mol. The number of benzene rings is 3. The molecule has 3 aromatic carbocycles. The summed E-state index contributed by atoms with van der Waals surface area (Å²) in [6, 6.07) is 20.3. The Morgan fingerprint density at radius 2 is 1.76 bits per heavy atom. The van der Waals surface area contributed by atoms with Crippen LogP contribution in [0.5, 0.6) is 5.75 Å². The van der Waals surface area contributed by atoms with E-state index in [0.29, 0.717) is 28.8 Å². The van der Waals surface area contributed by atoms with Gasteiger partial charge in [0.25, 0.3) is 0 Å². The highest BCUT2D eigenvalue weighted by atomic mass is 32.2. The largest absolute Gasteiger partial charge is 0.494 e. The van der Waals surface area contributed by atoms with E-state index in [1.54, 1.807) is 19.1 Å². The van der Waals surface area contributed by atoms with Gasteiger partial charge in [-0.1, -0.05) is 47.7 Å². The number of carbonyl (C=O) groups is 1. The number of aromatic nitrogens is 3. The van der Waals surface area contributed by atoms with Crippen molar-refractivity contribution in [1.82, 2.24) is 14.8 Å². The predicted octanol–water partition coefficient (Wildman–Crippen LogP) is 5.82. The first-order valence-electron chi connectivity index (χ1n) is 10.9. The van der Waals surface area contributed by atoms with Gasteiger partial charge in [-0.05, 0) is 62.7 Å². The van der Waals surface area contributed by atoms with Crippen molar-refractivity contribution in [3.63, 3.8) is 0 Å². The van der Waals surface area contributed by atoms with E-state index >= 15 is 0 Å². The fourth-order valence-corrected chi connectivity index (χ4v) is 4.09. The number of nitrogens with one attached hydrogen (secondary N) is 1. The van der Waals surface area contributed by atoms with Gasteiger partial charge in [0.1, 0.15) is 11.6 Å². The van der Waals surface area contributed by atoms with Gasteiger partial charge in [-0.3, -0.25) is 9.36 Å². The lowest BCUT2D eigenvalue weighted by molar-refractivity contribution is -0.113. The number of thioether (sulfide) groups is 1. The van der Waals surface area contributed by atoms with Crippen molar-refractivity contribution in [2.75, 3.05) is 17.7 Å². The summed E-state index contributed by atoms with van der Waals surface area (Å²) in [4.78, 5) is 12.5. The summed E-state index contributed by atoms with van der Waals surface area (Å²) in [5, 5.41) is 12.1. The molecular formula is C26H25FN4O2S. The minimum absolute atomic E-state index is 0.0958. The molecule has 34 heavy (non-hydrogen) atoms. The number of aryl methyl sites for hydroxylation is 2. The van der Waals surface area contributed by atoms with Crippen molar-refractivity contribution in [2.24, 2.45) is 0 Å². The van der Waals surface area contributed by atoms with E-state index in [2.05, 4.69) is 15.5 Å². The van der Waals surface area contributed by atoms with Crippen molar-refractivity contribution in [1.29, 1.82) is 0 Å². The number of rotatable bonds is 8. The summed E-state index contributed by atoms with van der Waals surface area (Å²) >= 11 is 1.26. The van der Waals surface area contributed by atoms with E-state index < -0.39 is 0 Å². The molecule has 0 saturated heterocycles. The Labute approximate surface area is 202 Å². The summed E-state index contributed by atoms with van der Waals surface area (Å²) in [5.74, 6) is 0.927. The molecule has 0 radical (unpaired) electrons. The minimum atomic E-state index is -0.358. The third kappa shape index (κ3) is 5.46. The van der Waals surface area contributed by atoms with Gasteiger partial charge in [0.05, 0.1) is 12.4 Å². The van der Waals surface area contributed by atoms with Crippen LogP contribution in [0.2, 0.25) is 0 Å². The number of hydrogen-bond donors (Lipinski definition) is 1. The topological polar surface area (TPSA) is 69.0 Å². The van der Waals surface area contributed by atoms with E-state index in [1.807, 2.05) is 66.9 Å². The second-order valence-electron chi connectivity index (χ2n) is 7.74. The zero-order chi connectivity index (χ0) is 24.1. The Hall–Kier alpha value is -3.65. The van der Waals surface area contributed by atoms with Gasteiger partial charge in [0, 0.05) is 16.9 Å². The molecule has 4 rings (SSSR count). The molecule has 1 amide bonds. The van der Waals surface area contributed by atoms with Crippen molar-refractivity contribution in [3.8, 4) is 22.8 Å². The Bertz CT molecular complexity index is 1290. The van der Waals surface area contributed by atoms with E-state index in [0.717, 1.165) is 22.6 Å². The minimum Gasteiger partial charge on any atom is -0.494 e. The Kier molecular flexibility index (Phi) is 7.27. The zero-order valence-corrected chi connectivity index (χ0v) is 20.0. The van der Waals surface area contributed by atoms with E-state index in [1.165, 1.54) is 17.8 Å². The van der Waals surface area contributed by atoms with Crippen LogP contribution < -0.4 is 10.1 Å². The van der Waals surface area contributed by atoms with Crippen LogP contribution in [0.3, 0.4) is 0 Å². The first kappa shape index (κ1) is 23.5. The summed E-state index contributed by atoms with van der Waals surface area (Å²) in [5.41, 5.74) is 3.86. The Balaban J connectivity index is 1.59. The van der Waals surface area contributed by atoms with Crippen molar-refractivity contribution < 1.29 is 13.9 Å². The molecule has 6 nitrogen and oxygen atoms in total. The van der Waals surface area contributed by atoms with E-state index in [9.17, 15) is 9.18 Å². The number of hydrogen-bond acceptors (Lipinski definition) is 5. The maximum atomic E-state index is 13.8. The molecule has 0 aliphatic heterocycles. The van der Waals surface area contributed by atoms with Gasteiger partial charge in [-0.2, -0.15) is 0 Å². The molecule has 1 aromatic heterocycles. The molecule has 0 aliphatic rings. The SMILES string of the molecule is CCOc1ccc(-n2c(SCC(=O)Nc3ccc(C)c(F)c3)nnc2-c2ccc(C)cc2)cc1. The molecule has 1 N–H and O–H groups in total. The lowest BCUT2D eigenvalue weighted by atomic mass is 10.1. The molecule has 1 heterocycles. The second kappa shape index (κ2) is 10.5. The molecule has 8 heteroatoms. The molecule has 0 spiro atoms. The van der Waals surface area contributed by atoms with Crippen molar-refractivity contribution >= 4 is 23.4 Å². The number of nitrogens with zero attached hydrogens (tertiary/aromatic N) is 3. The third-order valence-corrected chi connectivity index (χ3v) is 6.07. The van der Waals surface area contributed by atoms with Crippen molar-refractivity contribution in [3.05, 3.63) is 83.7 Å². The van der Waals surface area contributed by atoms with Crippen LogP contribution in [0.1, 0.15) is 18.1 Å². The maximum absolute atomic E-state index is 13.8. The summed E-state index contributed by atoms with van der Waals surface area (Å²) in [6.07, 6.45) is 0. The monoisotopic (exact) mass is 476 g/mol. The van der Waals surface area contributed by atoms with Crippen LogP contribution in [0, 0.1) is 19.7 Å². The predicted molar refractivity (Wildman–Crippen MR) is 133 cm³/mol. The first-order valence-corrected chi connectivity index (χ1v) is 11.9. The molecule has 0 unspecified atom stereocenters. The van der Waals surface area contributed by atoms with Gasteiger partial charge in [0.15, 0.2) is 11.0 Å². The van der Waals surface area contributed by atoms with Crippen LogP contribution >= 0.6 is 11.8 Å². The third-order valence-electron chi connectivity index (χ3n) is 5.14. The van der Waals surface area contributed by atoms with E-state index in [-0.39, 0.29) is 17.5 Å². The molecular weight excluding hydrogens is 451 g/mol. The van der Waals surface area contributed by atoms with Gasteiger partial charge >= 0.3 is 0 Å². The fraction of sp³-hybridized carbons (Fsp3) is 0.192. The standard InChI is InChI=1S/C26H25FN4O2S/c1-4-33-22-13-11-21(12-14-22)31-25(19-8-5-17(2)6-9-19)29-30-26(31)34-16-24(32)28-20-10-7-18(3)23(27)15-20/h5-15H,4,16H2,1-3H3,(H,28,32). The van der Waals surface area contributed by atoms with Crippen LogP contribution in [-0.4, -0.2) is 33.0 Å². The lowest BCUT2D eigenvalue weighted by Gasteiger charge is -2.12. The smallest absolute Gasteiger partial charge is 0.234 e. The number of ether oxygens (including phenoxy) is 1. The van der Waals surface area contributed by atoms with Crippen LogP contribution in [0.25, 0.3) is 17.1 Å². The maximum Gasteiger partial charge on any atom is 0.234 e.